The summed E-state index contributed by atoms with van der Waals surface area (Å²) in [6, 6.07) is 6.44. The van der Waals surface area contributed by atoms with Crippen LogP contribution in [0.1, 0.15) is 51.3 Å². The molecule has 1 aromatic heterocycles. The zero-order valence-electron chi connectivity index (χ0n) is 19.2. The summed E-state index contributed by atoms with van der Waals surface area (Å²) in [7, 11) is -1.92. The fraction of sp³-hybridized carbons (Fsp3) is 0.520. The predicted octanol–water partition coefficient (Wildman–Crippen LogP) is 5.96. The van der Waals surface area contributed by atoms with Crippen LogP contribution in [0, 0.1) is 17.2 Å². The van der Waals surface area contributed by atoms with Crippen molar-refractivity contribution < 1.29 is 13.6 Å². The summed E-state index contributed by atoms with van der Waals surface area (Å²) in [6.07, 6.45) is 8.75. The maximum absolute atomic E-state index is 13.4. The van der Waals surface area contributed by atoms with Gasteiger partial charge in [-0.05, 0) is 79.7 Å². The molecule has 4 rings (SSSR count). The Kier molecular flexibility index (Phi) is 5.59. The largest absolute Gasteiger partial charge is 0.416 e. The number of aldehydes is 1. The Morgan fingerprint density at radius 2 is 2.00 bits per heavy atom. The van der Waals surface area contributed by atoms with Crippen LogP contribution >= 0.6 is 0 Å². The van der Waals surface area contributed by atoms with Gasteiger partial charge in [-0.3, -0.25) is 0 Å². The molecule has 0 radical (unpaired) electrons. The Bertz CT molecular complexity index is 1000. The molecule has 166 valence electrons. The van der Waals surface area contributed by atoms with E-state index in [1.54, 1.807) is 12.1 Å². The number of halogens is 1. The number of fused-ring (bicyclic) bond motifs is 2. The molecule has 0 N–H and O–H groups in total. The van der Waals surface area contributed by atoms with E-state index < -0.39 is 8.32 Å². The van der Waals surface area contributed by atoms with Gasteiger partial charge in [-0.15, -0.1) is 0 Å². The lowest BCUT2D eigenvalue weighted by atomic mass is 9.62. The van der Waals surface area contributed by atoms with Crippen LogP contribution in [0.2, 0.25) is 18.1 Å². The summed E-state index contributed by atoms with van der Waals surface area (Å²) in [5.74, 6) is -0.175. The minimum Gasteiger partial charge on any atom is -0.416 e. The van der Waals surface area contributed by atoms with E-state index in [1.807, 2.05) is 10.9 Å². The topological polar surface area (TPSA) is 44.1 Å². The maximum Gasteiger partial charge on any atom is 0.192 e. The number of nitrogens with zero attached hydrogens (tertiary/aromatic N) is 2. The van der Waals surface area contributed by atoms with E-state index in [0.717, 1.165) is 43.4 Å². The minimum absolute atomic E-state index is 0.0776. The van der Waals surface area contributed by atoms with E-state index in [0.29, 0.717) is 6.61 Å². The van der Waals surface area contributed by atoms with Gasteiger partial charge in [0.2, 0.25) is 0 Å². The molecular weight excluding hydrogens is 407 g/mol. The first-order valence-electron chi connectivity index (χ1n) is 11.2. The Labute approximate surface area is 185 Å². The van der Waals surface area contributed by atoms with Crippen LogP contribution in [0.3, 0.4) is 0 Å². The summed E-state index contributed by atoms with van der Waals surface area (Å²) < 4.78 is 22.0. The van der Waals surface area contributed by atoms with E-state index in [9.17, 15) is 9.18 Å². The molecule has 0 aliphatic heterocycles. The highest BCUT2D eigenvalue weighted by atomic mass is 28.4. The van der Waals surface area contributed by atoms with Gasteiger partial charge in [-0.1, -0.05) is 26.3 Å². The lowest BCUT2D eigenvalue weighted by molar-refractivity contribution is -0.112. The molecule has 1 fully saturated rings. The van der Waals surface area contributed by atoms with Crippen molar-refractivity contribution in [3.8, 4) is 5.69 Å². The van der Waals surface area contributed by atoms with Crippen molar-refractivity contribution in [2.75, 3.05) is 6.61 Å². The number of rotatable bonds is 5. The van der Waals surface area contributed by atoms with Gasteiger partial charge in [-0.2, -0.15) is 5.10 Å². The Morgan fingerprint density at radius 3 is 2.65 bits per heavy atom. The minimum atomic E-state index is -1.92. The molecule has 0 unspecified atom stereocenters. The molecule has 6 heteroatoms. The molecule has 1 heterocycles. The lowest BCUT2D eigenvalue weighted by Crippen LogP contribution is -2.47. The number of carbonyl (C=O) groups excluding carboxylic acids is 1. The highest BCUT2D eigenvalue weighted by molar-refractivity contribution is 6.74. The van der Waals surface area contributed by atoms with Crippen LogP contribution in [-0.4, -0.2) is 31.0 Å². The fourth-order valence-electron chi connectivity index (χ4n) is 4.61. The third-order valence-electron chi connectivity index (χ3n) is 7.62. The zero-order chi connectivity index (χ0) is 22.4. The van der Waals surface area contributed by atoms with Crippen molar-refractivity contribution >= 4 is 20.7 Å². The monoisotopic (exact) mass is 440 g/mol. The Morgan fingerprint density at radius 1 is 1.29 bits per heavy atom. The number of benzene rings is 1. The van der Waals surface area contributed by atoms with Crippen LogP contribution in [0.15, 0.2) is 36.0 Å². The number of aromatic nitrogens is 2. The van der Waals surface area contributed by atoms with Gasteiger partial charge in [-0.25, -0.2) is 9.07 Å². The van der Waals surface area contributed by atoms with Gasteiger partial charge >= 0.3 is 0 Å². The average molecular weight is 441 g/mol. The smallest absolute Gasteiger partial charge is 0.192 e. The van der Waals surface area contributed by atoms with Crippen molar-refractivity contribution in [3.05, 3.63) is 53.1 Å². The standard InChI is InChI=1S/C25H33FN2O2Si/c1-24(2,3)31(4,5)30-17-25-13-18(16-29)6-7-20(25)12-23-19(14-25)15-27-28(23)22-10-8-21(26)9-11-22/h8-12,15-16,18H,6-7,13-14,17H2,1-5H3/t18-,25-/m0/s1. The SMILES string of the molecule is CC(C)(C)[Si](C)(C)OC[C@]12Cc3cnn(-c4ccc(F)cc4)c3C=C1CC[C@H](C=O)C2. The summed E-state index contributed by atoms with van der Waals surface area (Å²) in [5.41, 5.74) is 4.29. The highest BCUT2D eigenvalue weighted by Crippen LogP contribution is 2.51. The van der Waals surface area contributed by atoms with E-state index in [4.69, 9.17) is 4.43 Å². The molecule has 4 nitrogen and oxygen atoms in total. The van der Waals surface area contributed by atoms with Gasteiger partial charge in [0.1, 0.15) is 12.1 Å². The third-order valence-corrected chi connectivity index (χ3v) is 12.1. The van der Waals surface area contributed by atoms with Crippen LogP contribution in [0.5, 0.6) is 0 Å². The zero-order valence-corrected chi connectivity index (χ0v) is 20.2. The second kappa shape index (κ2) is 7.82. The second-order valence-corrected chi connectivity index (χ2v) is 15.6. The van der Waals surface area contributed by atoms with E-state index in [-0.39, 0.29) is 22.2 Å². The van der Waals surface area contributed by atoms with Gasteiger partial charge in [0, 0.05) is 17.9 Å². The predicted molar refractivity (Wildman–Crippen MR) is 124 cm³/mol. The third kappa shape index (κ3) is 4.08. The summed E-state index contributed by atoms with van der Waals surface area (Å²) in [6.45, 7) is 12.0. The summed E-state index contributed by atoms with van der Waals surface area (Å²) in [5, 5.41) is 4.76. The van der Waals surface area contributed by atoms with Gasteiger partial charge in [0.25, 0.3) is 0 Å². The Balaban J connectivity index is 1.70. The molecule has 2 aromatic rings. The molecule has 0 saturated heterocycles. The first kappa shape index (κ1) is 22.2. The first-order chi connectivity index (χ1) is 14.5. The van der Waals surface area contributed by atoms with Crippen molar-refractivity contribution in [3.63, 3.8) is 0 Å². The number of carbonyl (C=O) groups is 1. The number of hydrogen-bond acceptors (Lipinski definition) is 3. The molecule has 0 amide bonds. The first-order valence-corrected chi connectivity index (χ1v) is 14.1. The molecule has 2 aliphatic rings. The summed E-state index contributed by atoms with van der Waals surface area (Å²) in [4.78, 5) is 11.7. The molecule has 0 bridgehead atoms. The van der Waals surface area contributed by atoms with Crippen LogP contribution in [0.25, 0.3) is 11.8 Å². The van der Waals surface area contributed by atoms with Gasteiger partial charge in [0.05, 0.1) is 17.6 Å². The van der Waals surface area contributed by atoms with Crippen LogP contribution in [-0.2, 0) is 15.6 Å². The Hall–Kier alpha value is -2.05. The van der Waals surface area contributed by atoms with Crippen molar-refractivity contribution in [2.24, 2.45) is 11.3 Å². The van der Waals surface area contributed by atoms with Crippen molar-refractivity contribution in [1.29, 1.82) is 0 Å². The van der Waals surface area contributed by atoms with Crippen molar-refractivity contribution in [2.45, 2.75) is 64.6 Å². The summed E-state index contributed by atoms with van der Waals surface area (Å²) >= 11 is 0. The molecule has 1 saturated carbocycles. The maximum atomic E-state index is 13.4. The molecule has 2 aliphatic carbocycles. The van der Waals surface area contributed by atoms with Gasteiger partial charge < -0.3 is 9.22 Å². The highest BCUT2D eigenvalue weighted by Gasteiger charge is 2.46. The van der Waals surface area contributed by atoms with Gasteiger partial charge in [0.15, 0.2) is 8.32 Å². The van der Waals surface area contributed by atoms with Crippen LogP contribution < -0.4 is 0 Å². The molecule has 1 aromatic carbocycles. The molecule has 0 spiro atoms. The molecule has 2 atom stereocenters. The molecule has 31 heavy (non-hydrogen) atoms. The lowest BCUT2D eigenvalue weighted by Gasteiger charge is -2.47. The van der Waals surface area contributed by atoms with E-state index in [1.165, 1.54) is 23.3 Å². The fourth-order valence-corrected chi connectivity index (χ4v) is 5.68. The average Bonchev–Trinajstić information content (AvgIpc) is 3.12. The van der Waals surface area contributed by atoms with Crippen molar-refractivity contribution in [1.82, 2.24) is 9.78 Å². The quantitative estimate of drug-likeness (QED) is 0.426. The van der Waals surface area contributed by atoms with Crippen LogP contribution in [0.4, 0.5) is 4.39 Å². The second-order valence-electron chi connectivity index (χ2n) is 10.8. The normalized spacial score (nSPS) is 23.7. The van der Waals surface area contributed by atoms with E-state index in [2.05, 4.69) is 45.0 Å². The van der Waals surface area contributed by atoms with E-state index >= 15 is 0 Å². The number of hydrogen-bond donors (Lipinski definition) is 0. The molecular formula is C25H33FN2O2Si.